The van der Waals surface area contributed by atoms with Crippen molar-refractivity contribution in [3.05, 3.63) is 47.2 Å². The summed E-state index contributed by atoms with van der Waals surface area (Å²) in [7, 11) is 0. The van der Waals surface area contributed by atoms with E-state index in [0.717, 1.165) is 45.3 Å². The first-order valence-corrected chi connectivity index (χ1v) is 17.0. The van der Waals surface area contributed by atoms with Crippen LogP contribution in [0.1, 0.15) is 57.2 Å². The molecule has 8 rings (SSSR count). The molecule has 4 aliphatic heterocycles. The predicted molar refractivity (Wildman–Crippen MR) is 179 cm³/mol. The first-order valence-electron chi connectivity index (χ1n) is 17.0. The van der Waals surface area contributed by atoms with E-state index in [2.05, 4.69) is 39.5 Å². The lowest BCUT2D eigenvalue weighted by molar-refractivity contribution is 0.107. The Morgan fingerprint density at radius 1 is 1.08 bits per heavy atom. The number of phenolic OH excluding ortho intramolecular Hbond substituents is 1. The average Bonchev–Trinajstić information content (AvgIpc) is 3.60. The minimum atomic E-state index is -0.915. The highest BCUT2D eigenvalue weighted by Gasteiger charge is 2.49. The van der Waals surface area contributed by atoms with Crippen LogP contribution < -0.4 is 9.64 Å². The lowest BCUT2D eigenvalue weighted by Gasteiger charge is -2.43. The molecule has 0 saturated carbocycles. The van der Waals surface area contributed by atoms with Gasteiger partial charge in [-0.3, -0.25) is 9.80 Å². The Hall–Kier alpha value is -4.14. The van der Waals surface area contributed by atoms with Crippen LogP contribution >= 0.6 is 0 Å². The summed E-state index contributed by atoms with van der Waals surface area (Å²) >= 11 is 0. The zero-order chi connectivity index (χ0) is 33.3. The third kappa shape index (κ3) is 5.03. The van der Waals surface area contributed by atoms with Gasteiger partial charge in [0.1, 0.15) is 41.4 Å². The fraction of sp³-hybridized carbons (Fsp3) is 0.486. The van der Waals surface area contributed by atoms with Crippen molar-refractivity contribution in [3.63, 3.8) is 0 Å². The quantitative estimate of drug-likeness (QED) is 0.254. The van der Waals surface area contributed by atoms with Gasteiger partial charge in [0.25, 0.3) is 0 Å². The van der Waals surface area contributed by atoms with Crippen molar-refractivity contribution in [2.45, 2.75) is 76.2 Å². The molecule has 11 heteroatoms. The number of piperidine rings is 1. The van der Waals surface area contributed by atoms with Gasteiger partial charge in [-0.1, -0.05) is 12.0 Å². The number of halogens is 3. The summed E-state index contributed by atoms with van der Waals surface area (Å²) in [6.07, 6.45) is 9.52. The van der Waals surface area contributed by atoms with E-state index in [0.29, 0.717) is 54.3 Å². The molecule has 4 aromatic rings. The number of rotatable bonds is 6. The molecule has 1 N–H and O–H groups in total. The van der Waals surface area contributed by atoms with Crippen LogP contribution in [0.15, 0.2) is 24.3 Å². The number of benzene rings is 2. The number of nitrogens with zero attached hydrogens (tertiary/aromatic N) is 6. The Morgan fingerprint density at radius 2 is 1.94 bits per heavy atom. The topological polar surface area (TPSA) is 77.8 Å². The molecule has 0 bridgehead atoms. The Bertz CT molecular complexity index is 1980. The van der Waals surface area contributed by atoms with Crippen molar-refractivity contribution >= 4 is 27.5 Å². The van der Waals surface area contributed by atoms with Crippen LogP contribution in [0.5, 0.6) is 11.8 Å². The van der Waals surface area contributed by atoms with Gasteiger partial charge >= 0.3 is 6.01 Å². The van der Waals surface area contributed by atoms with Crippen molar-refractivity contribution in [1.29, 1.82) is 0 Å². The van der Waals surface area contributed by atoms with Crippen molar-refractivity contribution in [1.82, 2.24) is 24.8 Å². The van der Waals surface area contributed by atoms with Gasteiger partial charge in [0, 0.05) is 55.5 Å². The minimum Gasteiger partial charge on any atom is -0.508 e. The summed E-state index contributed by atoms with van der Waals surface area (Å²) < 4.78 is 52.9. The summed E-state index contributed by atoms with van der Waals surface area (Å²) in [5, 5.41) is 11.9. The number of aromatic nitrogens is 3. The van der Waals surface area contributed by atoms with Gasteiger partial charge in [0.05, 0.1) is 22.2 Å². The number of ether oxygens (including phenoxy) is 1. The van der Waals surface area contributed by atoms with E-state index >= 15 is 4.39 Å². The summed E-state index contributed by atoms with van der Waals surface area (Å²) in [6, 6.07) is 6.15. The smallest absolute Gasteiger partial charge is 0.319 e. The zero-order valence-corrected chi connectivity index (χ0v) is 27.3. The van der Waals surface area contributed by atoms with E-state index in [1.54, 1.807) is 0 Å². The maximum Gasteiger partial charge on any atom is 0.319 e. The van der Waals surface area contributed by atoms with Crippen LogP contribution in [-0.4, -0.2) is 93.0 Å². The Balaban J connectivity index is 1.30. The minimum absolute atomic E-state index is 0.0302. The summed E-state index contributed by atoms with van der Waals surface area (Å²) in [5.41, 5.74) is 0.290. The second kappa shape index (κ2) is 11.8. The fourth-order valence-corrected chi connectivity index (χ4v) is 8.63. The number of hydrogen-bond donors (Lipinski definition) is 1. The molecule has 0 amide bonds. The SMILES string of the molecule is C#Cc1c(F)ccc2cc(O)cc(-c3nc4c5c(nc(OC[C@@]67CCCN6C[C@H](F)C7)nc5c3F)N(C3CCCN(C(C)C)C3)CC4)c12. The van der Waals surface area contributed by atoms with Crippen molar-refractivity contribution in [2.75, 3.05) is 44.2 Å². The molecule has 2 aromatic heterocycles. The Morgan fingerprint density at radius 3 is 2.75 bits per heavy atom. The van der Waals surface area contributed by atoms with Crippen LogP contribution in [0.4, 0.5) is 19.0 Å². The summed E-state index contributed by atoms with van der Waals surface area (Å²) in [4.78, 5) is 21.3. The molecule has 48 heavy (non-hydrogen) atoms. The molecule has 0 spiro atoms. The molecule has 8 nitrogen and oxygen atoms in total. The molecule has 1 unspecified atom stereocenters. The van der Waals surface area contributed by atoms with Crippen LogP contribution in [0.3, 0.4) is 0 Å². The lowest BCUT2D eigenvalue weighted by Crippen LogP contribution is -2.51. The molecule has 2 aromatic carbocycles. The normalized spacial score (nSPS) is 24.5. The summed E-state index contributed by atoms with van der Waals surface area (Å²) in [6.45, 7) is 8.30. The third-order valence-corrected chi connectivity index (χ3v) is 11.0. The lowest BCUT2D eigenvalue weighted by atomic mass is 9.94. The number of alkyl halides is 1. The van der Waals surface area contributed by atoms with E-state index in [9.17, 15) is 13.9 Å². The predicted octanol–water partition coefficient (Wildman–Crippen LogP) is 6.00. The van der Waals surface area contributed by atoms with Gasteiger partial charge in [-0.2, -0.15) is 9.97 Å². The van der Waals surface area contributed by atoms with E-state index in [1.807, 2.05) is 0 Å². The number of likely N-dealkylation sites (tertiary alicyclic amines) is 1. The average molecular weight is 657 g/mol. The Kier molecular flexibility index (Phi) is 7.64. The number of phenols is 1. The first kappa shape index (κ1) is 31.1. The molecule has 0 radical (unpaired) electrons. The van der Waals surface area contributed by atoms with Crippen molar-refractivity contribution < 1.29 is 23.0 Å². The third-order valence-electron chi connectivity index (χ3n) is 11.0. The largest absolute Gasteiger partial charge is 0.508 e. The molecule has 3 fully saturated rings. The fourth-order valence-electron chi connectivity index (χ4n) is 8.63. The van der Waals surface area contributed by atoms with Gasteiger partial charge < -0.3 is 14.7 Å². The van der Waals surface area contributed by atoms with Crippen LogP contribution in [0.25, 0.3) is 32.9 Å². The molecule has 0 aliphatic carbocycles. The van der Waals surface area contributed by atoms with Crippen molar-refractivity contribution in [2.24, 2.45) is 0 Å². The highest BCUT2D eigenvalue weighted by molar-refractivity contribution is 6.03. The zero-order valence-electron chi connectivity index (χ0n) is 27.3. The molecule has 3 atom stereocenters. The summed E-state index contributed by atoms with van der Waals surface area (Å²) in [5.74, 6) is 1.50. The van der Waals surface area contributed by atoms with Crippen LogP contribution in [0.2, 0.25) is 0 Å². The van der Waals surface area contributed by atoms with Gasteiger partial charge in [-0.05, 0) is 76.2 Å². The standard InChI is InChI=1S/C37H39F3N6O2/c1-4-26-28(39)9-8-22-15-25(47)16-27(30(22)26)33-32(40)34-31-29(41-33)10-14-46(24-7-5-12-44(19-24)21(2)3)35(31)43-36(42-34)48-20-37-11-6-13-45(37)18-23(38)17-37/h1,8-9,15-16,21,23-24,47H,5-7,10-14,17-20H2,2-3H3/t23-,24?,37+/m1/s1. The number of fused-ring (bicyclic) bond motifs is 2. The molecule has 250 valence electrons. The van der Waals surface area contributed by atoms with Crippen molar-refractivity contribution in [3.8, 4) is 35.4 Å². The van der Waals surface area contributed by atoms with Gasteiger partial charge in [-0.25, -0.2) is 18.2 Å². The first-order chi connectivity index (χ1) is 23.2. The van der Waals surface area contributed by atoms with Crippen LogP contribution in [-0.2, 0) is 6.42 Å². The second-order valence-corrected chi connectivity index (χ2v) is 14.1. The monoisotopic (exact) mass is 656 g/mol. The molecule has 6 heterocycles. The van der Waals surface area contributed by atoms with E-state index in [4.69, 9.17) is 21.1 Å². The molecule has 4 aliphatic rings. The number of anilines is 1. The van der Waals surface area contributed by atoms with Gasteiger partial charge in [0.15, 0.2) is 5.82 Å². The van der Waals surface area contributed by atoms with E-state index in [-0.39, 0.29) is 52.1 Å². The molecular weight excluding hydrogens is 617 g/mol. The number of aromatic hydroxyl groups is 1. The highest BCUT2D eigenvalue weighted by Crippen LogP contribution is 2.43. The number of terminal acetylenes is 1. The van der Waals surface area contributed by atoms with E-state index in [1.165, 1.54) is 24.3 Å². The van der Waals surface area contributed by atoms with Gasteiger partial charge in [0.2, 0.25) is 0 Å². The Labute approximate surface area is 277 Å². The maximum atomic E-state index is 17.1. The second-order valence-electron chi connectivity index (χ2n) is 14.1. The van der Waals surface area contributed by atoms with Gasteiger partial charge in [-0.15, -0.1) is 6.42 Å². The number of hydrogen-bond acceptors (Lipinski definition) is 8. The van der Waals surface area contributed by atoms with E-state index < -0.39 is 23.3 Å². The maximum absolute atomic E-state index is 17.1. The molecule has 3 saturated heterocycles. The molecular formula is C37H39F3N6O2. The highest BCUT2D eigenvalue weighted by atomic mass is 19.1. The number of pyridine rings is 1. The van der Waals surface area contributed by atoms with Crippen LogP contribution in [0, 0.1) is 24.0 Å².